The highest BCUT2D eigenvalue weighted by atomic mass is 35.5. The van der Waals surface area contributed by atoms with Crippen molar-refractivity contribution in [2.45, 2.75) is 57.4 Å². The zero-order valence-corrected chi connectivity index (χ0v) is 14.6. The molecule has 1 atom stereocenters. The van der Waals surface area contributed by atoms with Crippen LogP contribution in [0, 0.1) is 5.92 Å². The van der Waals surface area contributed by atoms with Crippen molar-refractivity contribution in [3.63, 3.8) is 0 Å². The Hall–Kier alpha value is -0.320. The summed E-state index contributed by atoms with van der Waals surface area (Å²) in [5.41, 5.74) is 0. The number of carbonyl (C=O) groups excluding carboxylic acids is 1. The van der Waals surface area contributed by atoms with Crippen LogP contribution in [0.25, 0.3) is 0 Å². The van der Waals surface area contributed by atoms with Crippen LogP contribution in [0.15, 0.2) is 0 Å². The molecule has 0 aromatic rings. The van der Waals surface area contributed by atoms with Gasteiger partial charge in [-0.2, -0.15) is 0 Å². The highest BCUT2D eigenvalue weighted by Crippen LogP contribution is 2.24. The van der Waals surface area contributed by atoms with Crippen molar-refractivity contribution in [2.24, 2.45) is 5.92 Å². The summed E-state index contributed by atoms with van der Waals surface area (Å²) in [4.78, 5) is 17.2. The van der Waals surface area contributed by atoms with Gasteiger partial charge in [-0.3, -0.25) is 4.79 Å². The van der Waals surface area contributed by atoms with E-state index in [9.17, 15) is 4.79 Å². The van der Waals surface area contributed by atoms with Crippen LogP contribution in [0.3, 0.4) is 0 Å². The molecule has 2 heterocycles. The Labute approximate surface area is 141 Å². The number of amides is 1. The smallest absolute Gasteiger partial charge is 0.239 e. The molecule has 1 saturated carbocycles. The summed E-state index contributed by atoms with van der Waals surface area (Å²) in [5.74, 6) is 1.27. The molecular weight excluding hydrogens is 298 g/mol. The first-order valence-electron chi connectivity index (χ1n) is 9.07. The molecule has 0 aromatic carbocycles. The molecule has 3 fully saturated rings. The van der Waals surface area contributed by atoms with Crippen molar-refractivity contribution in [1.82, 2.24) is 15.1 Å². The van der Waals surface area contributed by atoms with Gasteiger partial charge in [0.1, 0.15) is 0 Å². The van der Waals surface area contributed by atoms with Crippen LogP contribution in [0.1, 0.15) is 51.4 Å². The monoisotopic (exact) mass is 329 g/mol. The Morgan fingerprint density at radius 1 is 0.909 bits per heavy atom. The van der Waals surface area contributed by atoms with Crippen LogP contribution in [0.2, 0.25) is 0 Å². The summed E-state index contributed by atoms with van der Waals surface area (Å²) in [6.45, 7) is 6.43. The average molecular weight is 330 g/mol. The van der Waals surface area contributed by atoms with E-state index in [1.54, 1.807) is 0 Å². The Morgan fingerprint density at radius 3 is 2.45 bits per heavy atom. The molecule has 3 rings (SSSR count). The van der Waals surface area contributed by atoms with E-state index in [-0.39, 0.29) is 18.4 Å². The van der Waals surface area contributed by atoms with E-state index in [0.29, 0.717) is 5.91 Å². The molecule has 128 valence electrons. The van der Waals surface area contributed by atoms with Crippen LogP contribution in [-0.2, 0) is 4.79 Å². The van der Waals surface area contributed by atoms with Gasteiger partial charge in [-0.15, -0.1) is 12.4 Å². The van der Waals surface area contributed by atoms with Crippen LogP contribution >= 0.6 is 12.4 Å². The SMILES string of the molecule is Cl.O=C([C@@H]1CCCN1)N1CCCN(CC2CCCCC2)CC1. The number of nitrogens with zero attached hydrogens (tertiary/aromatic N) is 2. The van der Waals surface area contributed by atoms with E-state index in [1.807, 2.05) is 0 Å². The van der Waals surface area contributed by atoms with E-state index in [4.69, 9.17) is 0 Å². The third kappa shape index (κ3) is 4.84. The summed E-state index contributed by atoms with van der Waals surface area (Å²) in [7, 11) is 0. The molecule has 0 aromatic heterocycles. The van der Waals surface area contributed by atoms with Gasteiger partial charge in [0.25, 0.3) is 0 Å². The lowest BCUT2D eigenvalue weighted by Gasteiger charge is -2.29. The maximum atomic E-state index is 12.5. The van der Waals surface area contributed by atoms with E-state index in [1.165, 1.54) is 45.2 Å². The molecule has 3 aliphatic rings. The number of halogens is 1. The quantitative estimate of drug-likeness (QED) is 0.863. The topological polar surface area (TPSA) is 35.6 Å². The maximum Gasteiger partial charge on any atom is 0.239 e. The predicted molar refractivity (Wildman–Crippen MR) is 92.5 cm³/mol. The van der Waals surface area contributed by atoms with Crippen molar-refractivity contribution in [3.05, 3.63) is 0 Å². The molecule has 0 radical (unpaired) electrons. The molecule has 0 spiro atoms. The second-order valence-corrected chi connectivity index (χ2v) is 7.13. The van der Waals surface area contributed by atoms with Crippen LogP contribution in [-0.4, -0.2) is 61.0 Å². The first-order chi connectivity index (χ1) is 10.3. The molecule has 2 saturated heterocycles. The number of hydrogen-bond acceptors (Lipinski definition) is 3. The minimum Gasteiger partial charge on any atom is -0.340 e. The summed E-state index contributed by atoms with van der Waals surface area (Å²) in [6.07, 6.45) is 10.5. The normalized spacial score (nSPS) is 28.2. The minimum atomic E-state index is 0. The Bertz CT molecular complexity index is 341. The van der Waals surface area contributed by atoms with Gasteiger partial charge in [0, 0.05) is 26.2 Å². The largest absolute Gasteiger partial charge is 0.340 e. The van der Waals surface area contributed by atoms with Gasteiger partial charge in [0.2, 0.25) is 5.91 Å². The van der Waals surface area contributed by atoms with Crippen LogP contribution in [0.4, 0.5) is 0 Å². The van der Waals surface area contributed by atoms with Gasteiger partial charge in [-0.1, -0.05) is 19.3 Å². The fourth-order valence-corrected chi connectivity index (χ4v) is 4.22. The third-order valence-corrected chi connectivity index (χ3v) is 5.50. The van der Waals surface area contributed by atoms with Gasteiger partial charge in [0.15, 0.2) is 0 Å². The lowest BCUT2D eigenvalue weighted by atomic mass is 9.89. The van der Waals surface area contributed by atoms with E-state index in [2.05, 4.69) is 15.1 Å². The summed E-state index contributed by atoms with van der Waals surface area (Å²) in [6, 6.07) is 0.106. The lowest BCUT2D eigenvalue weighted by molar-refractivity contribution is -0.132. The van der Waals surface area contributed by atoms with Crippen molar-refractivity contribution >= 4 is 18.3 Å². The van der Waals surface area contributed by atoms with E-state index < -0.39 is 0 Å². The minimum absolute atomic E-state index is 0. The first-order valence-corrected chi connectivity index (χ1v) is 9.07. The Balaban J connectivity index is 0.00000176. The zero-order valence-electron chi connectivity index (χ0n) is 13.8. The Kier molecular flexibility index (Phi) is 7.45. The fraction of sp³-hybridized carbons (Fsp3) is 0.941. The molecule has 2 aliphatic heterocycles. The molecule has 0 bridgehead atoms. The van der Waals surface area contributed by atoms with Gasteiger partial charge in [-0.05, 0) is 51.1 Å². The standard InChI is InChI=1S/C17H31N3O.ClH/c21-17(16-8-4-9-18-16)20-11-5-10-19(12-13-20)14-15-6-2-1-3-7-15;/h15-16,18H,1-14H2;1H/t16-;/m0./s1. The molecule has 0 unspecified atom stereocenters. The second kappa shape index (κ2) is 9.09. The van der Waals surface area contributed by atoms with Crippen molar-refractivity contribution < 1.29 is 4.79 Å². The highest BCUT2D eigenvalue weighted by molar-refractivity contribution is 5.85. The van der Waals surface area contributed by atoms with Gasteiger partial charge < -0.3 is 15.1 Å². The molecule has 1 aliphatic carbocycles. The van der Waals surface area contributed by atoms with Crippen molar-refractivity contribution in [1.29, 1.82) is 0 Å². The number of nitrogens with one attached hydrogen (secondary N) is 1. The first kappa shape index (κ1) is 18.0. The molecule has 1 N–H and O–H groups in total. The van der Waals surface area contributed by atoms with Crippen LogP contribution < -0.4 is 5.32 Å². The molecular formula is C17H32ClN3O. The average Bonchev–Trinajstić information content (AvgIpc) is 2.95. The third-order valence-electron chi connectivity index (χ3n) is 5.50. The molecule has 4 nitrogen and oxygen atoms in total. The number of carbonyl (C=O) groups is 1. The molecule has 1 amide bonds. The Morgan fingerprint density at radius 2 is 1.73 bits per heavy atom. The number of hydrogen-bond donors (Lipinski definition) is 1. The van der Waals surface area contributed by atoms with E-state index in [0.717, 1.165) is 51.4 Å². The van der Waals surface area contributed by atoms with Crippen molar-refractivity contribution in [3.8, 4) is 0 Å². The zero-order chi connectivity index (χ0) is 14.5. The van der Waals surface area contributed by atoms with E-state index >= 15 is 0 Å². The maximum absolute atomic E-state index is 12.5. The van der Waals surface area contributed by atoms with Crippen LogP contribution in [0.5, 0.6) is 0 Å². The fourth-order valence-electron chi connectivity index (χ4n) is 4.22. The van der Waals surface area contributed by atoms with Crippen molar-refractivity contribution in [2.75, 3.05) is 39.3 Å². The highest BCUT2D eigenvalue weighted by Gasteiger charge is 2.28. The molecule has 22 heavy (non-hydrogen) atoms. The summed E-state index contributed by atoms with van der Waals surface area (Å²) < 4.78 is 0. The van der Waals surface area contributed by atoms with Gasteiger partial charge in [-0.25, -0.2) is 0 Å². The lowest BCUT2D eigenvalue weighted by Crippen LogP contribution is -2.45. The summed E-state index contributed by atoms with van der Waals surface area (Å²) >= 11 is 0. The van der Waals surface area contributed by atoms with Gasteiger partial charge >= 0.3 is 0 Å². The number of rotatable bonds is 3. The predicted octanol–water partition coefficient (Wildman–Crippen LogP) is 2.27. The second-order valence-electron chi connectivity index (χ2n) is 7.13. The summed E-state index contributed by atoms with van der Waals surface area (Å²) in [5, 5.41) is 3.35. The van der Waals surface area contributed by atoms with Gasteiger partial charge in [0.05, 0.1) is 6.04 Å². The molecule has 5 heteroatoms.